The molecule has 0 spiro atoms. The van der Waals surface area contributed by atoms with E-state index in [9.17, 15) is 0 Å². The zero-order chi connectivity index (χ0) is 23.9. The summed E-state index contributed by atoms with van der Waals surface area (Å²) in [4.78, 5) is 0. The normalized spacial score (nSPS) is 32.5. The molecule has 2 aliphatic carbocycles. The Kier molecular flexibility index (Phi) is 18.0. The van der Waals surface area contributed by atoms with E-state index in [4.69, 9.17) is 29.2 Å². The molecule has 0 heterocycles. The van der Waals surface area contributed by atoms with Gasteiger partial charge in [-0.15, -0.1) is 12.1 Å². The molecule has 0 saturated heterocycles. The van der Waals surface area contributed by atoms with E-state index in [2.05, 4.69) is 41.5 Å². The van der Waals surface area contributed by atoms with Crippen molar-refractivity contribution in [3.05, 3.63) is 10.6 Å². The maximum absolute atomic E-state index is 5.32. The van der Waals surface area contributed by atoms with Crippen LogP contribution < -0.4 is 0 Å². The van der Waals surface area contributed by atoms with Gasteiger partial charge in [-0.3, -0.25) is 0 Å². The van der Waals surface area contributed by atoms with Crippen molar-refractivity contribution >= 4 is 18.6 Å². The first kappa shape index (κ1) is 31.2. The summed E-state index contributed by atoms with van der Waals surface area (Å²) in [5, 5.41) is 10.6. The quantitative estimate of drug-likeness (QED) is 0.180. The summed E-state index contributed by atoms with van der Waals surface area (Å²) in [5.74, 6) is 4.97. The van der Waals surface area contributed by atoms with Crippen LogP contribution in [0.1, 0.15) is 112 Å². The van der Waals surface area contributed by atoms with Gasteiger partial charge in [0.25, 0.3) is 0 Å². The molecule has 5 heteroatoms. The van der Waals surface area contributed by atoms with Gasteiger partial charge in [0, 0.05) is 0 Å². The van der Waals surface area contributed by atoms with Crippen LogP contribution in [0.2, 0.25) is 0 Å². The molecule has 0 amide bonds. The summed E-state index contributed by atoms with van der Waals surface area (Å²) in [6.07, 6.45) is 14.8. The molecule has 2 saturated carbocycles. The molecule has 2 nitrogen and oxygen atoms in total. The van der Waals surface area contributed by atoms with Gasteiger partial charge in [0.1, 0.15) is 0 Å². The summed E-state index contributed by atoms with van der Waals surface area (Å²) >= 11 is -0.556. The Labute approximate surface area is 218 Å². The second kappa shape index (κ2) is 18.5. The first-order chi connectivity index (χ1) is 15.5. The van der Waals surface area contributed by atoms with Crippen LogP contribution in [0.15, 0.2) is 0 Å². The topological polar surface area (TPSA) is 28.2 Å². The zero-order valence-electron chi connectivity index (χ0n) is 22.0. The molecule has 8 unspecified atom stereocenters. The molecule has 0 aliphatic heterocycles. The van der Waals surface area contributed by atoms with Gasteiger partial charge in [0.2, 0.25) is 0 Å². The van der Waals surface area contributed by atoms with E-state index in [1.165, 1.54) is 70.6 Å². The van der Waals surface area contributed by atoms with Crippen molar-refractivity contribution < 1.29 is 17.0 Å². The first-order valence-electron chi connectivity index (χ1n) is 13.8. The van der Waals surface area contributed by atoms with Gasteiger partial charge in [0.15, 0.2) is 0 Å². The fourth-order valence-electron chi connectivity index (χ4n) is 6.47. The molecule has 0 aromatic rings. The van der Waals surface area contributed by atoms with Crippen LogP contribution in [-0.4, -0.2) is 25.2 Å². The van der Waals surface area contributed by atoms with Crippen molar-refractivity contribution in [2.24, 2.45) is 35.5 Å². The van der Waals surface area contributed by atoms with Crippen molar-refractivity contribution in [3.8, 4) is 0 Å². The van der Waals surface area contributed by atoms with Crippen LogP contribution in [0.5, 0.6) is 0 Å². The van der Waals surface area contributed by atoms with Crippen molar-refractivity contribution in [1.82, 2.24) is 0 Å². The third kappa shape index (κ3) is 10.1. The Hall–Kier alpha value is 1.21. The molecule has 0 radical (unpaired) electrons. The summed E-state index contributed by atoms with van der Waals surface area (Å²) < 4.78 is 0. The second-order valence-corrected chi connectivity index (χ2v) is 13.1. The molecule has 2 rings (SSSR count). The Morgan fingerprint density at radius 1 is 0.719 bits per heavy atom. The number of hydrogen-bond acceptors (Lipinski definition) is 0. The molecule has 0 aromatic heterocycles. The van der Waals surface area contributed by atoms with Crippen LogP contribution in [0.25, 0.3) is 10.6 Å². The summed E-state index contributed by atoms with van der Waals surface area (Å²) in [6, 6.07) is 1.24. The van der Waals surface area contributed by atoms with Crippen molar-refractivity contribution in [3.63, 3.8) is 0 Å². The van der Waals surface area contributed by atoms with Crippen LogP contribution >= 0.6 is 18.6 Å². The number of halogens is 2. The van der Waals surface area contributed by atoms with Crippen molar-refractivity contribution in [2.45, 2.75) is 124 Å². The van der Waals surface area contributed by atoms with Gasteiger partial charge in [-0.2, -0.15) is 13.1 Å². The average Bonchev–Trinajstić information content (AvgIpc) is 2.83. The van der Waals surface area contributed by atoms with E-state index in [1.807, 2.05) is 0 Å². The van der Waals surface area contributed by atoms with E-state index in [0.717, 1.165) is 48.6 Å². The summed E-state index contributed by atoms with van der Waals surface area (Å²) in [5.41, 5.74) is 0. The molecule has 32 heavy (non-hydrogen) atoms. The van der Waals surface area contributed by atoms with E-state index in [1.54, 1.807) is 0 Å². The van der Waals surface area contributed by atoms with E-state index in [-0.39, 0.29) is 0 Å². The van der Waals surface area contributed by atoms with Gasteiger partial charge in [-0.05, 0) is 11.8 Å². The molecule has 2 fully saturated rings. The van der Waals surface area contributed by atoms with E-state index < -0.39 is 17.0 Å². The zero-order valence-corrected chi connectivity index (χ0v) is 25.0. The molecule has 190 valence electrons. The number of hydrogen-bond donors (Lipinski definition) is 0. The average molecular weight is 524 g/mol. The molecule has 2 aliphatic rings. The van der Waals surface area contributed by atoms with E-state index in [0.29, 0.717) is 12.1 Å². The molecule has 0 aromatic carbocycles. The molecular formula is C27H52Cl2N2Ti-2. The number of rotatable bonds is 12. The Balaban J connectivity index is 0.00000161. The molecular weight excluding hydrogens is 471 g/mol. The Morgan fingerprint density at radius 2 is 1.09 bits per heavy atom. The van der Waals surface area contributed by atoms with Crippen LogP contribution in [0, 0.1) is 35.5 Å². The van der Waals surface area contributed by atoms with Crippen molar-refractivity contribution in [1.29, 1.82) is 0 Å². The second-order valence-electron chi connectivity index (χ2n) is 10.5. The third-order valence-corrected chi connectivity index (χ3v) is 8.86. The monoisotopic (exact) mass is 522 g/mol. The molecule has 0 bridgehead atoms. The van der Waals surface area contributed by atoms with Gasteiger partial charge in [0.05, 0.1) is 0 Å². The van der Waals surface area contributed by atoms with Gasteiger partial charge < -0.3 is 10.6 Å². The minimum atomic E-state index is -0.556. The predicted molar refractivity (Wildman–Crippen MR) is 142 cm³/mol. The standard InChI is InChI=1S/C27H52N2.2ClH.Ti/c1-7-20(5)24-16-11-14-22(9-3)26(24)28-18-13-19-29-27-23(10-4)15-12-17-25(27)21(6)8-2;;;/h20-27H,7-19H2,1-6H3;2*1H;/q-2;;;+2/p-2. The van der Waals surface area contributed by atoms with Gasteiger partial charge in [-0.25, -0.2) is 0 Å². The fraction of sp³-hybridized carbons (Fsp3) is 1.00. The fourth-order valence-corrected chi connectivity index (χ4v) is 6.47. The molecule has 8 atom stereocenters. The van der Waals surface area contributed by atoms with Crippen LogP contribution in [0.4, 0.5) is 0 Å². The number of nitrogens with zero attached hydrogens (tertiary/aromatic N) is 2. The van der Waals surface area contributed by atoms with Crippen molar-refractivity contribution in [2.75, 3.05) is 13.1 Å². The maximum atomic E-state index is 5.32. The Morgan fingerprint density at radius 3 is 1.41 bits per heavy atom. The third-order valence-electron chi connectivity index (χ3n) is 8.86. The van der Waals surface area contributed by atoms with Gasteiger partial charge in [-0.1, -0.05) is 136 Å². The predicted octanol–water partition coefficient (Wildman–Crippen LogP) is 9.98. The van der Waals surface area contributed by atoms with Crippen LogP contribution in [-0.2, 0) is 17.0 Å². The summed E-state index contributed by atoms with van der Waals surface area (Å²) in [7, 11) is 9.78. The van der Waals surface area contributed by atoms with E-state index >= 15 is 0 Å². The Bertz CT molecular complexity index is 415. The minimum absolute atomic E-state index is 0.556. The molecule has 0 N–H and O–H groups in total. The van der Waals surface area contributed by atoms with Gasteiger partial charge >= 0.3 is 35.6 Å². The first-order valence-corrected chi connectivity index (χ1v) is 18.1. The van der Waals surface area contributed by atoms with Crippen LogP contribution in [0.3, 0.4) is 0 Å². The summed E-state index contributed by atoms with van der Waals surface area (Å²) in [6.45, 7) is 16.5. The SMILES string of the molecule is CCC(C)C1CCCC(CC)C1[N-]CCC[N-]C1C(CC)CCCC1C(C)CC.[Cl][Ti][Cl].